The molecule has 0 aromatic heterocycles. The van der Waals surface area contributed by atoms with Crippen molar-refractivity contribution in [3.63, 3.8) is 0 Å². The second kappa shape index (κ2) is 9.83. The zero-order chi connectivity index (χ0) is 15.5. The molecule has 1 aromatic carbocycles. The first-order chi connectivity index (χ1) is 10.2. The van der Waals surface area contributed by atoms with E-state index >= 15 is 0 Å². The third-order valence-electron chi connectivity index (χ3n) is 2.77. The van der Waals surface area contributed by atoms with Gasteiger partial charge in [0.25, 0.3) is 0 Å². The van der Waals surface area contributed by atoms with Crippen LogP contribution in [0.5, 0.6) is 11.5 Å². The maximum atomic E-state index is 11.9. The second-order valence-electron chi connectivity index (χ2n) is 4.28. The maximum absolute atomic E-state index is 11.9. The fraction of sp³-hybridized carbons (Fsp3) is 0.438. The lowest BCUT2D eigenvalue weighted by Crippen LogP contribution is -2.07. The molecule has 0 amide bonds. The normalized spacial score (nSPS) is 10.0. The van der Waals surface area contributed by atoms with Crippen molar-refractivity contribution in [1.29, 1.82) is 0 Å². The van der Waals surface area contributed by atoms with Crippen molar-refractivity contribution in [2.24, 2.45) is 0 Å². The summed E-state index contributed by atoms with van der Waals surface area (Å²) in [4.78, 5) is 11.9. The van der Waals surface area contributed by atoms with Crippen molar-refractivity contribution < 1.29 is 23.7 Å². The molecule has 0 aliphatic heterocycles. The Hall–Kier alpha value is -2.01. The van der Waals surface area contributed by atoms with Gasteiger partial charge in [0.1, 0.15) is 0 Å². The highest BCUT2D eigenvalue weighted by molar-refractivity contribution is 5.90. The van der Waals surface area contributed by atoms with E-state index in [4.69, 9.17) is 18.9 Å². The standard InChI is InChI=1S/C16H22O5/c1-4-9-20-10-5-6-11-21-16(17)13-7-8-14(18-2)15(12-13)19-3/h4,7-8,12H,1,5-6,9-11H2,2-3H3. The van der Waals surface area contributed by atoms with Gasteiger partial charge in [-0.15, -0.1) is 6.58 Å². The Kier molecular flexibility index (Phi) is 7.97. The summed E-state index contributed by atoms with van der Waals surface area (Å²) >= 11 is 0. The number of rotatable bonds is 10. The number of ether oxygens (including phenoxy) is 4. The molecule has 1 rings (SSSR count). The fourth-order valence-corrected chi connectivity index (χ4v) is 1.68. The first kappa shape index (κ1) is 17.0. The first-order valence-corrected chi connectivity index (χ1v) is 6.80. The number of hydrogen-bond acceptors (Lipinski definition) is 5. The van der Waals surface area contributed by atoms with Crippen LogP contribution in [0.3, 0.4) is 0 Å². The average Bonchev–Trinajstić information content (AvgIpc) is 2.53. The number of benzene rings is 1. The van der Waals surface area contributed by atoms with Gasteiger partial charge in [0.05, 0.1) is 33.0 Å². The molecule has 0 heterocycles. The fourth-order valence-electron chi connectivity index (χ4n) is 1.68. The van der Waals surface area contributed by atoms with Crippen LogP contribution in [0.4, 0.5) is 0 Å². The minimum Gasteiger partial charge on any atom is -0.493 e. The van der Waals surface area contributed by atoms with Gasteiger partial charge < -0.3 is 18.9 Å². The van der Waals surface area contributed by atoms with Crippen LogP contribution in [0.15, 0.2) is 30.9 Å². The van der Waals surface area contributed by atoms with Gasteiger partial charge in [0.2, 0.25) is 0 Å². The van der Waals surface area contributed by atoms with E-state index in [-0.39, 0.29) is 5.97 Å². The summed E-state index contributed by atoms with van der Waals surface area (Å²) in [6.45, 7) is 5.12. The van der Waals surface area contributed by atoms with Crippen molar-refractivity contribution in [2.45, 2.75) is 12.8 Å². The van der Waals surface area contributed by atoms with E-state index in [0.717, 1.165) is 12.8 Å². The van der Waals surface area contributed by atoms with Crippen molar-refractivity contribution in [1.82, 2.24) is 0 Å². The Morgan fingerprint density at radius 3 is 2.52 bits per heavy atom. The predicted octanol–water partition coefficient (Wildman–Crippen LogP) is 2.84. The van der Waals surface area contributed by atoms with Crippen LogP contribution in [-0.2, 0) is 9.47 Å². The largest absolute Gasteiger partial charge is 0.493 e. The van der Waals surface area contributed by atoms with Gasteiger partial charge in [-0.25, -0.2) is 4.79 Å². The zero-order valence-corrected chi connectivity index (χ0v) is 12.6. The van der Waals surface area contributed by atoms with Gasteiger partial charge in [-0.1, -0.05) is 6.08 Å². The molecule has 1 aromatic rings. The van der Waals surface area contributed by atoms with Crippen molar-refractivity contribution in [3.8, 4) is 11.5 Å². The molecule has 21 heavy (non-hydrogen) atoms. The van der Waals surface area contributed by atoms with Crippen LogP contribution in [0.25, 0.3) is 0 Å². The van der Waals surface area contributed by atoms with Crippen LogP contribution in [-0.4, -0.2) is 40.0 Å². The van der Waals surface area contributed by atoms with Crippen molar-refractivity contribution in [3.05, 3.63) is 36.4 Å². The molecule has 0 saturated carbocycles. The van der Waals surface area contributed by atoms with Gasteiger partial charge in [0.15, 0.2) is 11.5 Å². The van der Waals surface area contributed by atoms with Crippen LogP contribution >= 0.6 is 0 Å². The molecule has 0 N–H and O–H groups in total. The number of esters is 1. The summed E-state index contributed by atoms with van der Waals surface area (Å²) in [6.07, 6.45) is 3.31. The molecule has 0 aliphatic rings. The topological polar surface area (TPSA) is 54.0 Å². The molecule has 0 unspecified atom stereocenters. The molecule has 0 saturated heterocycles. The highest BCUT2D eigenvalue weighted by atomic mass is 16.5. The SMILES string of the molecule is C=CCOCCCCOC(=O)c1ccc(OC)c(OC)c1. The number of methoxy groups -OCH3 is 2. The molecule has 5 nitrogen and oxygen atoms in total. The number of unbranched alkanes of at least 4 members (excludes halogenated alkanes) is 1. The van der Waals surface area contributed by atoms with E-state index < -0.39 is 0 Å². The summed E-state index contributed by atoms with van der Waals surface area (Å²) in [5.74, 6) is 0.709. The quantitative estimate of drug-likeness (QED) is 0.377. The number of carbonyl (C=O) groups is 1. The molecule has 0 atom stereocenters. The highest BCUT2D eigenvalue weighted by Crippen LogP contribution is 2.27. The van der Waals surface area contributed by atoms with Gasteiger partial charge in [-0.2, -0.15) is 0 Å². The number of hydrogen-bond donors (Lipinski definition) is 0. The van der Waals surface area contributed by atoms with Crippen molar-refractivity contribution in [2.75, 3.05) is 34.0 Å². The molecule has 116 valence electrons. The first-order valence-electron chi connectivity index (χ1n) is 6.80. The molecular formula is C16H22O5. The van der Waals surface area contributed by atoms with E-state index in [1.54, 1.807) is 31.4 Å². The summed E-state index contributed by atoms with van der Waals surface area (Å²) in [6, 6.07) is 4.93. The Labute approximate surface area is 125 Å². The third-order valence-corrected chi connectivity index (χ3v) is 2.77. The Balaban J connectivity index is 2.36. The smallest absolute Gasteiger partial charge is 0.338 e. The Morgan fingerprint density at radius 1 is 1.14 bits per heavy atom. The van der Waals surface area contributed by atoms with E-state index in [1.807, 2.05) is 0 Å². The van der Waals surface area contributed by atoms with Gasteiger partial charge >= 0.3 is 5.97 Å². The summed E-state index contributed by atoms with van der Waals surface area (Å²) in [5, 5.41) is 0. The molecular weight excluding hydrogens is 272 g/mol. The van der Waals surface area contributed by atoms with E-state index in [0.29, 0.717) is 36.9 Å². The minimum absolute atomic E-state index is 0.366. The Morgan fingerprint density at radius 2 is 1.86 bits per heavy atom. The van der Waals surface area contributed by atoms with Crippen LogP contribution in [0, 0.1) is 0 Å². The van der Waals surface area contributed by atoms with Crippen molar-refractivity contribution >= 4 is 5.97 Å². The zero-order valence-electron chi connectivity index (χ0n) is 12.6. The lowest BCUT2D eigenvalue weighted by atomic mass is 10.2. The third kappa shape index (κ3) is 5.87. The number of carbonyl (C=O) groups excluding carboxylic acids is 1. The monoisotopic (exact) mass is 294 g/mol. The molecule has 0 bridgehead atoms. The van der Waals surface area contributed by atoms with Crippen LogP contribution < -0.4 is 9.47 Å². The second-order valence-corrected chi connectivity index (χ2v) is 4.28. The maximum Gasteiger partial charge on any atom is 0.338 e. The molecule has 0 aliphatic carbocycles. The lowest BCUT2D eigenvalue weighted by Gasteiger charge is -2.09. The lowest BCUT2D eigenvalue weighted by molar-refractivity contribution is 0.0485. The van der Waals surface area contributed by atoms with Crippen LogP contribution in [0.1, 0.15) is 23.2 Å². The van der Waals surface area contributed by atoms with E-state index in [2.05, 4.69) is 6.58 Å². The molecule has 0 spiro atoms. The van der Waals surface area contributed by atoms with Gasteiger partial charge in [0, 0.05) is 6.61 Å². The summed E-state index contributed by atoms with van der Waals surface area (Å²) in [5.41, 5.74) is 0.440. The molecule has 0 fully saturated rings. The summed E-state index contributed by atoms with van der Waals surface area (Å²) in [7, 11) is 3.07. The van der Waals surface area contributed by atoms with Crippen LogP contribution in [0.2, 0.25) is 0 Å². The summed E-state index contributed by atoms with van der Waals surface area (Å²) < 4.78 is 20.7. The van der Waals surface area contributed by atoms with E-state index in [9.17, 15) is 4.79 Å². The van der Waals surface area contributed by atoms with E-state index in [1.165, 1.54) is 7.11 Å². The van der Waals surface area contributed by atoms with Gasteiger partial charge in [-0.05, 0) is 31.0 Å². The Bertz CT molecular complexity index is 456. The highest BCUT2D eigenvalue weighted by Gasteiger charge is 2.11. The van der Waals surface area contributed by atoms with Gasteiger partial charge in [-0.3, -0.25) is 0 Å². The molecule has 0 radical (unpaired) electrons. The average molecular weight is 294 g/mol. The predicted molar refractivity (Wildman–Crippen MR) is 80.1 cm³/mol. The molecule has 5 heteroatoms. The minimum atomic E-state index is -0.372.